The quantitative estimate of drug-likeness (QED) is 0.248. The highest BCUT2D eigenvalue weighted by molar-refractivity contribution is 7.99. The van der Waals surface area contributed by atoms with E-state index in [2.05, 4.69) is 16.3 Å². The van der Waals surface area contributed by atoms with Crippen LogP contribution in [0.5, 0.6) is 5.75 Å². The van der Waals surface area contributed by atoms with Gasteiger partial charge < -0.3 is 4.74 Å². The van der Waals surface area contributed by atoms with Crippen LogP contribution in [0.1, 0.15) is 17.0 Å². The van der Waals surface area contributed by atoms with E-state index in [4.69, 9.17) is 4.74 Å². The number of aryl methyl sites for hydroxylation is 2. The summed E-state index contributed by atoms with van der Waals surface area (Å²) < 4.78 is 33.6. The topological polar surface area (TPSA) is 74.1 Å². The number of hydrogen-bond acceptors (Lipinski definition) is 6. The van der Waals surface area contributed by atoms with E-state index in [0.29, 0.717) is 23.3 Å². The third-order valence-electron chi connectivity index (χ3n) is 4.91. The van der Waals surface area contributed by atoms with Gasteiger partial charge in [0.2, 0.25) is 0 Å². The van der Waals surface area contributed by atoms with Crippen LogP contribution in [-0.4, -0.2) is 35.5 Å². The number of thioether (sulfide) groups is 1. The van der Waals surface area contributed by atoms with Gasteiger partial charge in [-0.15, -0.1) is 10.2 Å². The van der Waals surface area contributed by atoms with Crippen molar-refractivity contribution in [3.05, 3.63) is 95.8 Å². The van der Waals surface area contributed by atoms with Crippen molar-refractivity contribution < 1.29 is 13.2 Å². The standard InChI is InChI=1S/C25H25N3O3S2/c1-19-15-20(2)17-22(16-19)31-13-14-32-25-27-26-24(28(25)21-9-5-3-6-10-21)18-33(29,30)23-11-7-4-8-12-23/h3-12,15-17H,13-14,18H2,1-2H3. The Labute approximate surface area is 198 Å². The molecule has 0 fully saturated rings. The second kappa shape index (κ2) is 10.2. The number of rotatable bonds is 9. The van der Waals surface area contributed by atoms with Crippen LogP contribution in [0, 0.1) is 13.8 Å². The number of sulfone groups is 1. The fraction of sp³-hybridized carbons (Fsp3) is 0.200. The zero-order chi connectivity index (χ0) is 23.3. The number of hydrogen-bond donors (Lipinski definition) is 0. The van der Waals surface area contributed by atoms with E-state index in [1.54, 1.807) is 30.3 Å². The predicted molar refractivity (Wildman–Crippen MR) is 131 cm³/mol. The van der Waals surface area contributed by atoms with Gasteiger partial charge in [-0.3, -0.25) is 4.57 Å². The van der Waals surface area contributed by atoms with Gasteiger partial charge in [0.1, 0.15) is 11.5 Å². The molecule has 6 nitrogen and oxygen atoms in total. The molecule has 0 amide bonds. The van der Waals surface area contributed by atoms with Gasteiger partial charge in [0, 0.05) is 11.4 Å². The molecular weight excluding hydrogens is 454 g/mol. The van der Waals surface area contributed by atoms with E-state index in [9.17, 15) is 8.42 Å². The highest BCUT2D eigenvalue weighted by Gasteiger charge is 2.22. The van der Waals surface area contributed by atoms with Gasteiger partial charge in [0.05, 0.1) is 11.5 Å². The Bertz CT molecular complexity index is 1300. The molecule has 0 spiro atoms. The van der Waals surface area contributed by atoms with Crippen molar-refractivity contribution in [2.45, 2.75) is 29.7 Å². The third kappa shape index (κ3) is 5.83. The van der Waals surface area contributed by atoms with Crippen LogP contribution in [0.3, 0.4) is 0 Å². The van der Waals surface area contributed by atoms with Gasteiger partial charge in [-0.2, -0.15) is 0 Å². The van der Waals surface area contributed by atoms with Crippen LogP contribution in [0.2, 0.25) is 0 Å². The highest BCUT2D eigenvalue weighted by atomic mass is 32.2. The minimum Gasteiger partial charge on any atom is -0.493 e. The van der Waals surface area contributed by atoms with Gasteiger partial charge in [0.15, 0.2) is 20.8 Å². The average molecular weight is 480 g/mol. The van der Waals surface area contributed by atoms with Crippen molar-refractivity contribution in [3.63, 3.8) is 0 Å². The maximum atomic E-state index is 13.0. The Kier molecular flexibility index (Phi) is 7.15. The van der Waals surface area contributed by atoms with Gasteiger partial charge in [-0.1, -0.05) is 54.2 Å². The van der Waals surface area contributed by atoms with Crippen LogP contribution >= 0.6 is 11.8 Å². The fourth-order valence-electron chi connectivity index (χ4n) is 3.51. The van der Waals surface area contributed by atoms with Crippen LogP contribution in [0.4, 0.5) is 0 Å². The Morgan fingerprint density at radius 3 is 2.18 bits per heavy atom. The number of benzene rings is 3. The van der Waals surface area contributed by atoms with Crippen LogP contribution in [0.25, 0.3) is 5.69 Å². The third-order valence-corrected chi connectivity index (χ3v) is 7.44. The van der Waals surface area contributed by atoms with Gasteiger partial charge in [0.25, 0.3) is 0 Å². The van der Waals surface area contributed by atoms with Gasteiger partial charge in [-0.05, 0) is 61.4 Å². The van der Waals surface area contributed by atoms with E-state index in [1.807, 2.05) is 60.9 Å². The normalized spacial score (nSPS) is 11.5. The van der Waals surface area contributed by atoms with E-state index in [1.165, 1.54) is 11.8 Å². The van der Waals surface area contributed by atoms with E-state index in [-0.39, 0.29) is 10.6 Å². The Morgan fingerprint density at radius 2 is 1.52 bits per heavy atom. The SMILES string of the molecule is Cc1cc(C)cc(OCCSc2nnc(CS(=O)(=O)c3ccccc3)n2-c2ccccc2)c1. The molecule has 0 atom stereocenters. The smallest absolute Gasteiger partial charge is 0.195 e. The average Bonchev–Trinajstić information content (AvgIpc) is 3.19. The summed E-state index contributed by atoms with van der Waals surface area (Å²) in [6.07, 6.45) is 0. The van der Waals surface area contributed by atoms with Crippen LogP contribution < -0.4 is 4.74 Å². The zero-order valence-electron chi connectivity index (χ0n) is 18.5. The summed E-state index contributed by atoms with van der Waals surface area (Å²) in [5, 5.41) is 9.16. The minimum atomic E-state index is -3.56. The first kappa shape index (κ1) is 23.1. The maximum Gasteiger partial charge on any atom is 0.195 e. The lowest BCUT2D eigenvalue weighted by atomic mass is 10.1. The molecule has 0 unspecified atom stereocenters. The van der Waals surface area contributed by atoms with Gasteiger partial charge >= 0.3 is 0 Å². The molecule has 33 heavy (non-hydrogen) atoms. The summed E-state index contributed by atoms with van der Waals surface area (Å²) in [6, 6.07) is 24.1. The number of aromatic nitrogens is 3. The molecule has 0 saturated carbocycles. The monoisotopic (exact) mass is 479 g/mol. The van der Waals surface area contributed by atoms with E-state index < -0.39 is 9.84 Å². The van der Waals surface area contributed by atoms with Crippen molar-refractivity contribution in [2.75, 3.05) is 12.4 Å². The van der Waals surface area contributed by atoms with Crippen molar-refractivity contribution in [3.8, 4) is 11.4 Å². The van der Waals surface area contributed by atoms with Crippen molar-refractivity contribution in [1.82, 2.24) is 14.8 Å². The summed E-state index contributed by atoms with van der Waals surface area (Å²) >= 11 is 1.48. The Morgan fingerprint density at radius 1 is 0.879 bits per heavy atom. The molecule has 8 heteroatoms. The Balaban J connectivity index is 1.53. The number of nitrogens with zero attached hydrogens (tertiary/aromatic N) is 3. The molecule has 3 aromatic carbocycles. The first-order valence-corrected chi connectivity index (χ1v) is 13.2. The molecule has 0 aliphatic heterocycles. The lowest BCUT2D eigenvalue weighted by Gasteiger charge is -2.11. The molecule has 1 aromatic heterocycles. The first-order chi connectivity index (χ1) is 15.9. The first-order valence-electron chi connectivity index (χ1n) is 10.5. The largest absolute Gasteiger partial charge is 0.493 e. The van der Waals surface area contributed by atoms with Crippen molar-refractivity contribution >= 4 is 21.6 Å². The Hall–Kier alpha value is -3.10. The predicted octanol–water partition coefficient (Wildman–Crippen LogP) is 5.03. The molecule has 0 radical (unpaired) electrons. The number of ether oxygens (including phenoxy) is 1. The summed E-state index contributed by atoms with van der Waals surface area (Å²) in [6.45, 7) is 4.58. The second-order valence-corrected chi connectivity index (χ2v) is 10.7. The van der Waals surface area contributed by atoms with E-state index >= 15 is 0 Å². The molecule has 0 aliphatic rings. The van der Waals surface area contributed by atoms with Gasteiger partial charge in [-0.25, -0.2) is 8.42 Å². The van der Waals surface area contributed by atoms with Crippen molar-refractivity contribution in [1.29, 1.82) is 0 Å². The van der Waals surface area contributed by atoms with E-state index in [0.717, 1.165) is 22.6 Å². The highest BCUT2D eigenvalue weighted by Crippen LogP contribution is 2.25. The summed E-state index contributed by atoms with van der Waals surface area (Å²) in [5.74, 6) is 1.62. The molecule has 0 aliphatic carbocycles. The molecule has 0 N–H and O–H groups in total. The molecule has 1 heterocycles. The molecule has 0 bridgehead atoms. The number of para-hydroxylation sites is 1. The summed E-state index contributed by atoms with van der Waals surface area (Å²) in [5.41, 5.74) is 3.13. The molecule has 4 aromatic rings. The minimum absolute atomic E-state index is 0.238. The molecular formula is C25H25N3O3S2. The molecule has 0 saturated heterocycles. The van der Waals surface area contributed by atoms with Crippen LogP contribution in [0.15, 0.2) is 88.9 Å². The summed E-state index contributed by atoms with van der Waals surface area (Å²) in [4.78, 5) is 0.267. The fourth-order valence-corrected chi connectivity index (χ4v) is 5.57. The summed E-state index contributed by atoms with van der Waals surface area (Å²) in [7, 11) is -3.56. The second-order valence-electron chi connectivity index (χ2n) is 7.66. The van der Waals surface area contributed by atoms with Crippen LogP contribution in [-0.2, 0) is 15.6 Å². The maximum absolute atomic E-state index is 13.0. The molecule has 170 valence electrons. The lowest BCUT2D eigenvalue weighted by molar-refractivity contribution is 0.343. The zero-order valence-corrected chi connectivity index (χ0v) is 20.1. The lowest BCUT2D eigenvalue weighted by Crippen LogP contribution is -2.11. The molecule has 4 rings (SSSR count). The van der Waals surface area contributed by atoms with Crippen molar-refractivity contribution in [2.24, 2.45) is 0 Å².